The van der Waals surface area contributed by atoms with Crippen molar-refractivity contribution in [2.24, 2.45) is 0 Å². The summed E-state index contributed by atoms with van der Waals surface area (Å²) in [5.41, 5.74) is 2.42. The maximum atomic E-state index is 12.1. The number of hydrogen-bond acceptors (Lipinski definition) is 4. The molecule has 0 heterocycles. The predicted octanol–water partition coefficient (Wildman–Crippen LogP) is 4.31. The summed E-state index contributed by atoms with van der Waals surface area (Å²) in [5.74, 6) is 1.68. The molecule has 0 aliphatic carbocycles. The Morgan fingerprint density at radius 2 is 1.88 bits per heavy atom. The normalized spacial score (nSPS) is 10.4. The van der Waals surface area contributed by atoms with Gasteiger partial charge in [-0.25, -0.2) is 0 Å². The van der Waals surface area contributed by atoms with E-state index in [1.165, 1.54) is 6.08 Å². The Balaban J connectivity index is 2.01. The van der Waals surface area contributed by atoms with Crippen molar-refractivity contribution in [3.05, 3.63) is 66.3 Å². The Labute approximate surface area is 153 Å². The minimum atomic E-state index is -0.239. The molecule has 2 rings (SSSR count). The highest BCUT2D eigenvalue weighted by atomic mass is 16.5. The first-order valence-corrected chi connectivity index (χ1v) is 8.10. The molecule has 0 aromatic heterocycles. The molecule has 0 saturated carbocycles. The van der Waals surface area contributed by atoms with Crippen molar-refractivity contribution in [1.29, 1.82) is 0 Å². The van der Waals surface area contributed by atoms with E-state index in [9.17, 15) is 4.79 Å². The highest BCUT2D eigenvalue weighted by Crippen LogP contribution is 2.28. The van der Waals surface area contributed by atoms with E-state index in [0.717, 1.165) is 11.1 Å². The van der Waals surface area contributed by atoms with Crippen LogP contribution in [0.2, 0.25) is 0 Å². The highest BCUT2D eigenvalue weighted by molar-refractivity contribution is 6.02. The van der Waals surface area contributed by atoms with E-state index in [1.807, 2.05) is 25.1 Å². The number of anilines is 1. The van der Waals surface area contributed by atoms with Crippen LogP contribution in [0.3, 0.4) is 0 Å². The Morgan fingerprint density at radius 3 is 2.58 bits per heavy atom. The molecule has 26 heavy (non-hydrogen) atoms. The number of rotatable bonds is 8. The second kappa shape index (κ2) is 9.32. The van der Waals surface area contributed by atoms with Crippen molar-refractivity contribution in [2.45, 2.75) is 6.92 Å². The van der Waals surface area contributed by atoms with Gasteiger partial charge in [-0.3, -0.25) is 4.79 Å². The van der Waals surface area contributed by atoms with Crippen LogP contribution in [-0.2, 0) is 4.79 Å². The number of amides is 1. The molecule has 0 aliphatic heterocycles. The molecule has 1 amide bonds. The first-order chi connectivity index (χ1) is 12.5. The van der Waals surface area contributed by atoms with Crippen molar-refractivity contribution < 1.29 is 19.0 Å². The Bertz CT molecular complexity index is 811. The van der Waals surface area contributed by atoms with E-state index in [-0.39, 0.29) is 5.91 Å². The zero-order valence-electron chi connectivity index (χ0n) is 15.2. The van der Waals surface area contributed by atoms with Gasteiger partial charge in [0, 0.05) is 17.8 Å². The zero-order chi connectivity index (χ0) is 18.9. The van der Waals surface area contributed by atoms with Gasteiger partial charge in [-0.05, 0) is 48.4 Å². The van der Waals surface area contributed by atoms with E-state index in [2.05, 4.69) is 11.9 Å². The lowest BCUT2D eigenvalue weighted by Gasteiger charge is -2.08. The lowest BCUT2D eigenvalue weighted by atomic mass is 10.2. The summed E-state index contributed by atoms with van der Waals surface area (Å²) in [5, 5.41) is 2.81. The third kappa shape index (κ3) is 5.70. The van der Waals surface area contributed by atoms with Crippen LogP contribution < -0.4 is 19.5 Å². The van der Waals surface area contributed by atoms with Gasteiger partial charge in [0.05, 0.1) is 14.2 Å². The summed E-state index contributed by atoms with van der Waals surface area (Å²) in [4.78, 5) is 12.1. The maximum absolute atomic E-state index is 12.1. The lowest BCUT2D eigenvalue weighted by molar-refractivity contribution is -0.111. The Kier molecular flexibility index (Phi) is 6.85. The minimum absolute atomic E-state index is 0.239. The molecule has 0 unspecified atom stereocenters. The molecule has 1 N–H and O–H groups in total. The van der Waals surface area contributed by atoms with Crippen molar-refractivity contribution >= 4 is 17.7 Å². The number of hydrogen-bond donors (Lipinski definition) is 1. The number of benzene rings is 2. The summed E-state index contributed by atoms with van der Waals surface area (Å²) in [6.45, 7) is 6.13. The van der Waals surface area contributed by atoms with Crippen molar-refractivity contribution in [3.63, 3.8) is 0 Å². The smallest absolute Gasteiger partial charge is 0.248 e. The number of carbonyl (C=O) groups excluding carboxylic acids is 1. The predicted molar refractivity (Wildman–Crippen MR) is 104 cm³/mol. The van der Waals surface area contributed by atoms with Crippen molar-refractivity contribution in [1.82, 2.24) is 0 Å². The van der Waals surface area contributed by atoms with E-state index in [0.29, 0.717) is 29.5 Å². The summed E-state index contributed by atoms with van der Waals surface area (Å²) in [7, 11) is 3.15. The molecule has 0 bridgehead atoms. The van der Waals surface area contributed by atoms with E-state index < -0.39 is 0 Å². The SMILES string of the molecule is C=C(C)COc1cccc(NC(=O)/C=C/c2ccc(OC)c(OC)c2)c1. The molecule has 0 fully saturated rings. The quantitative estimate of drug-likeness (QED) is 0.567. The van der Waals surface area contributed by atoms with Crippen molar-refractivity contribution in [2.75, 3.05) is 26.1 Å². The molecule has 0 radical (unpaired) electrons. The third-order valence-electron chi connectivity index (χ3n) is 3.42. The fourth-order valence-corrected chi connectivity index (χ4v) is 2.18. The molecule has 5 heteroatoms. The number of ether oxygens (including phenoxy) is 3. The molecule has 0 spiro atoms. The van der Waals surface area contributed by atoms with Gasteiger partial charge in [0.1, 0.15) is 12.4 Å². The fraction of sp³-hybridized carbons (Fsp3) is 0.190. The Morgan fingerprint density at radius 1 is 1.12 bits per heavy atom. The topological polar surface area (TPSA) is 56.8 Å². The van der Waals surface area contributed by atoms with Crippen molar-refractivity contribution in [3.8, 4) is 17.2 Å². The Hall–Kier alpha value is -3.21. The molecule has 2 aromatic carbocycles. The van der Waals surface area contributed by atoms with Gasteiger partial charge in [0.2, 0.25) is 5.91 Å². The average Bonchev–Trinajstić information content (AvgIpc) is 2.64. The highest BCUT2D eigenvalue weighted by Gasteiger charge is 2.04. The van der Waals surface area contributed by atoms with E-state index >= 15 is 0 Å². The van der Waals surface area contributed by atoms with Crippen LogP contribution >= 0.6 is 0 Å². The van der Waals surface area contributed by atoms with Gasteiger partial charge in [0.15, 0.2) is 11.5 Å². The van der Waals surface area contributed by atoms with E-state index in [4.69, 9.17) is 14.2 Å². The number of methoxy groups -OCH3 is 2. The van der Waals surface area contributed by atoms with Crippen LogP contribution in [-0.4, -0.2) is 26.7 Å². The number of nitrogens with one attached hydrogen (secondary N) is 1. The van der Waals surface area contributed by atoms with Crippen LogP contribution in [0.5, 0.6) is 17.2 Å². The fourth-order valence-electron chi connectivity index (χ4n) is 2.18. The molecular formula is C21H23NO4. The van der Waals surface area contributed by atoms with Gasteiger partial charge in [-0.15, -0.1) is 0 Å². The zero-order valence-corrected chi connectivity index (χ0v) is 15.2. The third-order valence-corrected chi connectivity index (χ3v) is 3.42. The van der Waals surface area contributed by atoms with Gasteiger partial charge in [0.25, 0.3) is 0 Å². The largest absolute Gasteiger partial charge is 0.493 e. The number of carbonyl (C=O) groups is 1. The van der Waals surface area contributed by atoms with Crippen LogP contribution in [0, 0.1) is 0 Å². The molecule has 2 aromatic rings. The summed E-state index contributed by atoms with van der Waals surface area (Å²) in [6, 6.07) is 12.7. The molecular weight excluding hydrogens is 330 g/mol. The van der Waals surface area contributed by atoms with Crippen LogP contribution in [0.15, 0.2) is 60.7 Å². The average molecular weight is 353 g/mol. The summed E-state index contributed by atoms with van der Waals surface area (Å²) >= 11 is 0. The first kappa shape index (κ1) is 19.1. The second-order valence-electron chi connectivity index (χ2n) is 5.71. The van der Waals surface area contributed by atoms with Gasteiger partial charge in [-0.1, -0.05) is 18.7 Å². The second-order valence-corrected chi connectivity index (χ2v) is 5.71. The van der Waals surface area contributed by atoms with Gasteiger partial charge in [-0.2, -0.15) is 0 Å². The molecule has 0 aliphatic rings. The molecule has 5 nitrogen and oxygen atoms in total. The molecule has 136 valence electrons. The molecule has 0 atom stereocenters. The van der Waals surface area contributed by atoms with E-state index in [1.54, 1.807) is 44.6 Å². The standard InChI is InChI=1S/C21H23NO4/c1-15(2)14-26-18-7-5-6-17(13-18)22-21(23)11-9-16-8-10-19(24-3)20(12-16)25-4/h5-13H,1,14H2,2-4H3,(H,22,23)/b11-9+. The molecule has 0 saturated heterocycles. The summed E-state index contributed by atoms with van der Waals surface area (Å²) in [6.07, 6.45) is 3.17. The first-order valence-electron chi connectivity index (χ1n) is 8.10. The van der Waals surface area contributed by atoms with Crippen LogP contribution in [0.4, 0.5) is 5.69 Å². The van der Waals surface area contributed by atoms with Gasteiger partial charge >= 0.3 is 0 Å². The summed E-state index contributed by atoms with van der Waals surface area (Å²) < 4.78 is 16.0. The lowest BCUT2D eigenvalue weighted by Crippen LogP contribution is -2.08. The van der Waals surface area contributed by atoms with Crippen LogP contribution in [0.1, 0.15) is 12.5 Å². The van der Waals surface area contributed by atoms with Gasteiger partial charge < -0.3 is 19.5 Å². The van der Waals surface area contributed by atoms with Crippen LogP contribution in [0.25, 0.3) is 6.08 Å². The maximum Gasteiger partial charge on any atom is 0.248 e. The minimum Gasteiger partial charge on any atom is -0.493 e. The monoisotopic (exact) mass is 353 g/mol.